The highest BCUT2D eigenvalue weighted by Crippen LogP contribution is 2.35. The van der Waals surface area contributed by atoms with E-state index in [0.29, 0.717) is 23.1 Å². The summed E-state index contributed by atoms with van der Waals surface area (Å²) in [5.41, 5.74) is 7.01. The minimum absolute atomic E-state index is 0.0264. The fraction of sp³-hybridized carbons (Fsp3) is 0.152. The molecule has 1 heterocycles. The van der Waals surface area contributed by atoms with Crippen LogP contribution in [0.5, 0.6) is 0 Å². The molecule has 5 aromatic rings. The van der Waals surface area contributed by atoms with Gasteiger partial charge in [-0.05, 0) is 74.4 Å². The molecule has 0 bridgehead atoms. The fourth-order valence-electron chi connectivity index (χ4n) is 5.01. The highest BCUT2D eigenvalue weighted by molar-refractivity contribution is 6.46. The zero-order valence-corrected chi connectivity index (χ0v) is 22.3. The van der Waals surface area contributed by atoms with E-state index in [0.717, 1.165) is 38.6 Å². The second kappa shape index (κ2) is 10.5. The lowest BCUT2D eigenvalue weighted by Gasteiger charge is -2.11. The first-order chi connectivity index (χ1) is 18.8. The number of fused-ring (bicyclic) bond motifs is 3. The Hall–Kier alpha value is -4.84. The lowest BCUT2D eigenvalue weighted by Crippen LogP contribution is -2.14. The molecule has 0 amide bonds. The van der Waals surface area contributed by atoms with Crippen LogP contribution in [-0.2, 0) is 9.63 Å². The Kier molecular flexibility index (Phi) is 6.94. The quantitative estimate of drug-likeness (QED) is 0.0997. The van der Waals surface area contributed by atoms with Gasteiger partial charge in [-0.1, -0.05) is 54.0 Å². The van der Waals surface area contributed by atoms with Crippen LogP contribution in [0.3, 0.4) is 0 Å². The van der Waals surface area contributed by atoms with Crippen molar-refractivity contribution in [1.82, 2.24) is 4.57 Å². The summed E-state index contributed by atoms with van der Waals surface area (Å²) >= 11 is 0. The van der Waals surface area contributed by atoms with E-state index >= 15 is 0 Å². The molecule has 0 atom stereocenters. The average Bonchev–Trinajstić information content (AvgIpc) is 3.27. The van der Waals surface area contributed by atoms with Crippen LogP contribution in [-0.4, -0.2) is 27.8 Å². The van der Waals surface area contributed by atoms with Gasteiger partial charge in [-0.3, -0.25) is 9.59 Å². The second-order valence-electron chi connectivity index (χ2n) is 9.59. The van der Waals surface area contributed by atoms with Crippen LogP contribution in [0.4, 0.5) is 0 Å². The van der Waals surface area contributed by atoms with Gasteiger partial charge in [0.15, 0.2) is 5.78 Å². The number of hydrogen-bond acceptors (Lipinski definition) is 5. The Bertz CT molecular complexity index is 1780. The van der Waals surface area contributed by atoms with Gasteiger partial charge in [-0.15, -0.1) is 0 Å². The smallest absolute Gasteiger partial charge is 0.318 e. The summed E-state index contributed by atoms with van der Waals surface area (Å²) in [5, 5.41) is 5.72. The molecule has 39 heavy (non-hydrogen) atoms. The van der Waals surface area contributed by atoms with E-state index in [2.05, 4.69) is 35.7 Å². The number of carbonyl (C=O) groups is 3. The fourth-order valence-corrected chi connectivity index (χ4v) is 5.01. The van der Waals surface area contributed by atoms with Crippen LogP contribution in [0, 0.1) is 13.8 Å². The minimum Gasteiger partial charge on any atom is -0.318 e. The van der Waals surface area contributed by atoms with E-state index in [1.807, 2.05) is 66.7 Å². The largest absolute Gasteiger partial charge is 0.331 e. The standard InChI is InChI=1S/C33H28N2O4/c1-5-29(34-39-22(4)36)33(38)25-13-16-30-27(19-25)28-18-20(2)17-21(3)31(28)35(30)26-14-11-24(12-15-26)32(37)23-9-7-6-8-10-23/h6-19H,5H2,1-4H3. The molecule has 6 nitrogen and oxygen atoms in total. The summed E-state index contributed by atoms with van der Waals surface area (Å²) in [7, 11) is 0. The molecule has 0 aliphatic heterocycles. The number of Topliss-reactive ketones (excluding diaryl/α,β-unsaturated/α-hetero) is 1. The van der Waals surface area contributed by atoms with E-state index in [9.17, 15) is 14.4 Å². The molecule has 0 saturated carbocycles. The third kappa shape index (κ3) is 4.89. The van der Waals surface area contributed by atoms with E-state index in [1.165, 1.54) is 6.92 Å². The van der Waals surface area contributed by atoms with Crippen molar-refractivity contribution in [3.63, 3.8) is 0 Å². The SMILES string of the molecule is CCC(=NOC(C)=O)C(=O)c1ccc2c(c1)c1cc(C)cc(C)c1n2-c1ccc(C(=O)c2ccccc2)cc1. The lowest BCUT2D eigenvalue weighted by molar-refractivity contribution is -0.140. The molecule has 5 rings (SSSR count). The van der Waals surface area contributed by atoms with Crippen molar-refractivity contribution in [3.8, 4) is 5.69 Å². The Morgan fingerprint density at radius 2 is 1.46 bits per heavy atom. The van der Waals surface area contributed by atoms with Gasteiger partial charge in [0.25, 0.3) is 0 Å². The van der Waals surface area contributed by atoms with Crippen LogP contribution in [0.1, 0.15) is 57.7 Å². The molecule has 1 aromatic heterocycles. The van der Waals surface area contributed by atoms with Crippen LogP contribution in [0.25, 0.3) is 27.5 Å². The first-order valence-electron chi connectivity index (χ1n) is 12.8. The summed E-state index contributed by atoms with van der Waals surface area (Å²) in [4.78, 5) is 42.1. The Morgan fingerprint density at radius 3 is 2.13 bits per heavy atom. The second-order valence-corrected chi connectivity index (χ2v) is 9.59. The first-order valence-corrected chi connectivity index (χ1v) is 12.8. The van der Waals surface area contributed by atoms with Gasteiger partial charge in [0.2, 0.25) is 5.78 Å². The Balaban J connectivity index is 1.64. The number of carbonyl (C=O) groups excluding carboxylic acids is 3. The third-order valence-electron chi connectivity index (χ3n) is 6.76. The average molecular weight is 517 g/mol. The van der Waals surface area contributed by atoms with Crippen molar-refractivity contribution in [1.29, 1.82) is 0 Å². The third-order valence-corrected chi connectivity index (χ3v) is 6.76. The topological polar surface area (TPSA) is 77.7 Å². The van der Waals surface area contributed by atoms with Gasteiger partial charge in [0.1, 0.15) is 5.71 Å². The normalized spacial score (nSPS) is 11.6. The van der Waals surface area contributed by atoms with Gasteiger partial charge >= 0.3 is 5.97 Å². The molecular weight excluding hydrogens is 488 g/mol. The summed E-state index contributed by atoms with van der Waals surface area (Å²) in [6.45, 7) is 7.17. The molecule has 0 fully saturated rings. The molecule has 0 radical (unpaired) electrons. The van der Waals surface area contributed by atoms with Gasteiger partial charge in [-0.2, -0.15) is 0 Å². The zero-order valence-electron chi connectivity index (χ0n) is 22.3. The highest BCUT2D eigenvalue weighted by Gasteiger charge is 2.20. The maximum absolute atomic E-state index is 13.2. The van der Waals surface area contributed by atoms with Crippen molar-refractivity contribution in [2.45, 2.75) is 34.1 Å². The number of ketones is 2. The van der Waals surface area contributed by atoms with Crippen molar-refractivity contribution in [3.05, 3.63) is 113 Å². The van der Waals surface area contributed by atoms with Gasteiger partial charge in [0, 0.05) is 40.1 Å². The van der Waals surface area contributed by atoms with E-state index in [4.69, 9.17) is 4.84 Å². The van der Waals surface area contributed by atoms with E-state index in [1.54, 1.807) is 13.0 Å². The van der Waals surface area contributed by atoms with Crippen LogP contribution < -0.4 is 0 Å². The first kappa shape index (κ1) is 25.8. The molecule has 4 aromatic carbocycles. The predicted molar refractivity (Wildman–Crippen MR) is 154 cm³/mol. The van der Waals surface area contributed by atoms with Crippen molar-refractivity contribution >= 4 is 45.1 Å². The molecule has 0 N–H and O–H groups in total. The number of aromatic nitrogens is 1. The summed E-state index contributed by atoms with van der Waals surface area (Å²) in [6.07, 6.45) is 0.332. The number of hydrogen-bond donors (Lipinski definition) is 0. The summed E-state index contributed by atoms with van der Waals surface area (Å²) in [6, 6.07) is 26.7. The van der Waals surface area contributed by atoms with Crippen LogP contribution >= 0.6 is 0 Å². The molecular formula is C33H28N2O4. The predicted octanol–water partition coefficient (Wildman–Crippen LogP) is 7.14. The van der Waals surface area contributed by atoms with Crippen molar-refractivity contribution in [2.75, 3.05) is 0 Å². The maximum Gasteiger partial charge on any atom is 0.331 e. The number of aryl methyl sites for hydroxylation is 2. The zero-order chi connectivity index (χ0) is 27.7. The number of nitrogens with zero attached hydrogens (tertiary/aromatic N) is 2. The monoisotopic (exact) mass is 516 g/mol. The molecule has 194 valence electrons. The number of oxime groups is 1. The molecule has 0 saturated heterocycles. The van der Waals surface area contributed by atoms with Crippen LogP contribution in [0.2, 0.25) is 0 Å². The lowest BCUT2D eigenvalue weighted by atomic mass is 10.0. The molecule has 6 heteroatoms. The van der Waals surface area contributed by atoms with E-state index in [-0.39, 0.29) is 17.3 Å². The minimum atomic E-state index is -0.574. The maximum atomic E-state index is 13.2. The van der Waals surface area contributed by atoms with Gasteiger partial charge in [0.05, 0.1) is 11.0 Å². The van der Waals surface area contributed by atoms with Crippen molar-refractivity contribution in [2.24, 2.45) is 5.16 Å². The molecule has 0 spiro atoms. The van der Waals surface area contributed by atoms with Crippen LogP contribution in [0.15, 0.2) is 90.1 Å². The molecule has 0 aliphatic carbocycles. The Labute approximate surface area is 226 Å². The van der Waals surface area contributed by atoms with Gasteiger partial charge < -0.3 is 9.40 Å². The summed E-state index contributed by atoms with van der Waals surface area (Å²) in [5.74, 6) is -0.883. The van der Waals surface area contributed by atoms with E-state index < -0.39 is 5.97 Å². The molecule has 0 aliphatic rings. The molecule has 0 unspecified atom stereocenters. The number of rotatable bonds is 7. The Morgan fingerprint density at radius 1 is 0.795 bits per heavy atom. The van der Waals surface area contributed by atoms with Gasteiger partial charge in [-0.25, -0.2) is 4.79 Å². The van der Waals surface area contributed by atoms with Crippen molar-refractivity contribution < 1.29 is 19.2 Å². The number of benzene rings is 4. The highest BCUT2D eigenvalue weighted by atomic mass is 16.7. The summed E-state index contributed by atoms with van der Waals surface area (Å²) < 4.78 is 2.16.